The van der Waals surface area contributed by atoms with E-state index >= 15 is 4.39 Å². The number of nitrogens with two attached hydrogens (primary N) is 1. The lowest BCUT2D eigenvalue weighted by Crippen LogP contribution is -2.67. The first-order valence-corrected chi connectivity index (χ1v) is 12.6. The normalized spacial score (nSPS) is 16.8. The molecule has 0 spiro atoms. The Morgan fingerprint density at radius 1 is 1.18 bits per heavy atom. The fourth-order valence-corrected chi connectivity index (χ4v) is 4.76. The summed E-state index contributed by atoms with van der Waals surface area (Å²) in [7, 11) is 1.81. The third kappa shape index (κ3) is 5.63. The van der Waals surface area contributed by atoms with Gasteiger partial charge in [0.05, 0.1) is 24.5 Å². The summed E-state index contributed by atoms with van der Waals surface area (Å²) in [6.07, 6.45) is 5.35. The highest BCUT2D eigenvalue weighted by Gasteiger charge is 2.49. The first-order chi connectivity index (χ1) is 19.0. The summed E-state index contributed by atoms with van der Waals surface area (Å²) in [5.41, 5.74) is 7.55. The Morgan fingerprint density at radius 2 is 1.98 bits per heavy atom. The van der Waals surface area contributed by atoms with Gasteiger partial charge in [-0.2, -0.15) is 10.1 Å². The molecule has 5 rings (SSSR count). The summed E-state index contributed by atoms with van der Waals surface area (Å²) in [6.45, 7) is 8.26. The Balaban J connectivity index is 1.52. The monoisotopic (exact) mass is 547 g/mol. The molecule has 1 saturated heterocycles. The zero-order valence-electron chi connectivity index (χ0n) is 22.8. The minimum atomic E-state index is -0.837. The van der Waals surface area contributed by atoms with Crippen LogP contribution < -0.4 is 20.7 Å². The maximum absolute atomic E-state index is 15.3. The average Bonchev–Trinajstić information content (AvgIpc) is 3.26. The van der Waals surface area contributed by atoms with Gasteiger partial charge in [-0.15, -0.1) is 0 Å². The predicted octanol–water partition coefficient (Wildman–Crippen LogP) is 4.35. The minimum Gasteiger partial charge on any atom is -0.442 e. The van der Waals surface area contributed by atoms with Gasteiger partial charge in [-0.25, -0.2) is 24.1 Å². The summed E-state index contributed by atoms with van der Waals surface area (Å²) in [5.74, 6) is 0.256. The standard InChI is InChI=1S/C27H30FN9O3/c1-15-8-9-30-26(33-15)40-20-7-6-16(10-19(20)28)18-12-31-25(34-17-11-32-36(5)13-17)35-23(18)37-14-21(39-24(29)38)22(37)27(2,3)4/h6-13,21-22H,14H2,1-5H3,(H2,29,38)(H,31,34,35). The maximum Gasteiger partial charge on any atom is 0.404 e. The molecule has 0 bridgehead atoms. The molecule has 0 aliphatic carbocycles. The number of carbonyl (C=O) groups excluding carboxylic acids is 1. The summed E-state index contributed by atoms with van der Waals surface area (Å²) in [5, 5.41) is 7.31. The molecule has 208 valence electrons. The molecule has 2 atom stereocenters. The zero-order valence-corrected chi connectivity index (χ0v) is 22.8. The number of hydrogen-bond acceptors (Lipinski definition) is 10. The van der Waals surface area contributed by atoms with E-state index in [-0.39, 0.29) is 23.2 Å². The van der Waals surface area contributed by atoms with Gasteiger partial charge in [0.25, 0.3) is 0 Å². The van der Waals surface area contributed by atoms with Crippen molar-refractivity contribution in [1.82, 2.24) is 29.7 Å². The number of nitrogens with zero attached hydrogens (tertiary/aromatic N) is 7. The highest BCUT2D eigenvalue weighted by Crippen LogP contribution is 2.43. The van der Waals surface area contributed by atoms with Crippen LogP contribution >= 0.6 is 0 Å². The van der Waals surface area contributed by atoms with Crippen molar-refractivity contribution >= 4 is 23.5 Å². The van der Waals surface area contributed by atoms with E-state index in [0.717, 1.165) is 0 Å². The summed E-state index contributed by atoms with van der Waals surface area (Å²) in [4.78, 5) is 31.1. The molecule has 1 aromatic carbocycles. The number of anilines is 3. The lowest BCUT2D eigenvalue weighted by atomic mass is 9.77. The number of aryl methyl sites for hydroxylation is 2. The topological polar surface area (TPSA) is 146 Å². The third-order valence-corrected chi connectivity index (χ3v) is 6.44. The number of benzene rings is 1. The molecular formula is C27H30FN9O3. The number of aromatic nitrogens is 6. The quantitative estimate of drug-likeness (QED) is 0.342. The van der Waals surface area contributed by atoms with Crippen molar-refractivity contribution in [3.63, 3.8) is 0 Å². The second kappa shape index (κ2) is 10.4. The number of carbonyl (C=O) groups is 1. The van der Waals surface area contributed by atoms with E-state index in [1.165, 1.54) is 12.1 Å². The van der Waals surface area contributed by atoms with Crippen molar-refractivity contribution < 1.29 is 18.7 Å². The number of halogens is 1. The van der Waals surface area contributed by atoms with Crippen molar-refractivity contribution in [2.45, 2.75) is 39.8 Å². The van der Waals surface area contributed by atoms with Gasteiger partial charge in [0.15, 0.2) is 11.6 Å². The Kier molecular flexibility index (Phi) is 6.96. The van der Waals surface area contributed by atoms with Crippen LogP contribution in [-0.2, 0) is 11.8 Å². The van der Waals surface area contributed by atoms with Crippen LogP contribution in [0.3, 0.4) is 0 Å². The highest BCUT2D eigenvalue weighted by atomic mass is 19.1. The fourth-order valence-electron chi connectivity index (χ4n) is 4.76. The molecule has 40 heavy (non-hydrogen) atoms. The number of nitrogens with one attached hydrogen (secondary N) is 1. The van der Waals surface area contributed by atoms with Gasteiger partial charge in [0, 0.05) is 36.9 Å². The van der Waals surface area contributed by atoms with Crippen LogP contribution in [0.25, 0.3) is 11.1 Å². The third-order valence-electron chi connectivity index (χ3n) is 6.44. The van der Waals surface area contributed by atoms with Crippen molar-refractivity contribution in [3.8, 4) is 22.9 Å². The van der Waals surface area contributed by atoms with Gasteiger partial charge < -0.3 is 25.4 Å². The number of ether oxygens (including phenoxy) is 2. The van der Waals surface area contributed by atoms with Crippen LogP contribution in [0.2, 0.25) is 0 Å². The Labute approximate surface area is 230 Å². The average molecular weight is 548 g/mol. The molecule has 1 amide bonds. The number of rotatable bonds is 7. The minimum absolute atomic E-state index is 0.0156. The Morgan fingerprint density at radius 3 is 2.62 bits per heavy atom. The van der Waals surface area contributed by atoms with E-state index in [2.05, 4.69) is 25.4 Å². The van der Waals surface area contributed by atoms with E-state index in [4.69, 9.17) is 20.2 Å². The van der Waals surface area contributed by atoms with E-state index in [0.29, 0.717) is 40.8 Å². The molecule has 3 aromatic heterocycles. The number of amides is 1. The van der Waals surface area contributed by atoms with E-state index in [1.807, 2.05) is 25.7 Å². The van der Waals surface area contributed by atoms with Gasteiger partial charge in [0.2, 0.25) is 5.95 Å². The second-order valence-corrected chi connectivity index (χ2v) is 10.6. The van der Waals surface area contributed by atoms with Crippen molar-refractivity contribution in [1.29, 1.82) is 0 Å². The van der Waals surface area contributed by atoms with Crippen molar-refractivity contribution in [2.24, 2.45) is 18.2 Å². The molecular weight excluding hydrogens is 517 g/mol. The maximum atomic E-state index is 15.3. The Hall–Kier alpha value is -4.81. The van der Waals surface area contributed by atoms with Crippen molar-refractivity contribution in [2.75, 3.05) is 16.8 Å². The fraction of sp³-hybridized carbons (Fsp3) is 0.333. The number of hydrogen-bond donors (Lipinski definition) is 2. The van der Waals surface area contributed by atoms with Crippen LogP contribution in [0.4, 0.5) is 26.6 Å². The highest BCUT2D eigenvalue weighted by molar-refractivity contribution is 5.78. The van der Waals surface area contributed by atoms with Crippen LogP contribution in [0.15, 0.2) is 49.1 Å². The lowest BCUT2D eigenvalue weighted by molar-refractivity contribution is 0.0188. The van der Waals surface area contributed by atoms with E-state index < -0.39 is 18.0 Å². The van der Waals surface area contributed by atoms with E-state index in [1.54, 1.807) is 55.6 Å². The number of primary amides is 1. The van der Waals surface area contributed by atoms with Crippen LogP contribution in [-0.4, -0.2) is 54.5 Å². The largest absolute Gasteiger partial charge is 0.442 e. The van der Waals surface area contributed by atoms with E-state index in [9.17, 15) is 4.79 Å². The second-order valence-electron chi connectivity index (χ2n) is 10.6. The van der Waals surface area contributed by atoms with Gasteiger partial charge in [0.1, 0.15) is 11.9 Å². The first kappa shape index (κ1) is 26.8. The molecule has 1 aliphatic rings. The predicted molar refractivity (Wildman–Crippen MR) is 146 cm³/mol. The van der Waals surface area contributed by atoms with Gasteiger partial charge in [-0.1, -0.05) is 26.8 Å². The molecule has 4 heterocycles. The molecule has 0 radical (unpaired) electrons. The van der Waals surface area contributed by atoms with Gasteiger partial charge in [-0.05, 0) is 36.1 Å². The smallest absolute Gasteiger partial charge is 0.404 e. The molecule has 13 heteroatoms. The summed E-state index contributed by atoms with van der Waals surface area (Å²) in [6, 6.07) is 6.11. The molecule has 4 aromatic rings. The van der Waals surface area contributed by atoms with Crippen LogP contribution in [0, 0.1) is 18.2 Å². The Bertz CT molecular complexity index is 1550. The summed E-state index contributed by atoms with van der Waals surface area (Å²) < 4.78 is 27.9. The van der Waals surface area contributed by atoms with Crippen LogP contribution in [0.1, 0.15) is 26.5 Å². The molecule has 2 unspecified atom stereocenters. The van der Waals surface area contributed by atoms with Crippen molar-refractivity contribution in [3.05, 3.63) is 60.6 Å². The van der Waals surface area contributed by atoms with Gasteiger partial charge in [-0.3, -0.25) is 4.68 Å². The van der Waals surface area contributed by atoms with Gasteiger partial charge >= 0.3 is 12.1 Å². The molecule has 0 saturated carbocycles. The molecule has 1 fully saturated rings. The molecule has 1 aliphatic heterocycles. The summed E-state index contributed by atoms with van der Waals surface area (Å²) >= 11 is 0. The molecule has 3 N–H and O–H groups in total. The SMILES string of the molecule is Cc1ccnc(Oc2ccc(-c3cnc(Nc4cnn(C)c4)nc3N3CC(OC(N)=O)C3C(C)(C)C)cc2F)n1. The lowest BCUT2D eigenvalue weighted by Gasteiger charge is -2.53. The molecule has 12 nitrogen and oxygen atoms in total. The zero-order chi connectivity index (χ0) is 28.6. The van der Waals surface area contributed by atoms with Crippen LogP contribution in [0.5, 0.6) is 11.8 Å². The first-order valence-electron chi connectivity index (χ1n) is 12.6.